The summed E-state index contributed by atoms with van der Waals surface area (Å²) in [6.45, 7) is 4.27. The highest BCUT2D eigenvalue weighted by atomic mass is 16.5. The average Bonchev–Trinajstić information content (AvgIpc) is 2.85. The Morgan fingerprint density at radius 3 is 2.34 bits per heavy atom. The number of nitrogens with one attached hydrogen (secondary N) is 1. The second-order valence-electron chi connectivity index (χ2n) is 7.64. The van der Waals surface area contributed by atoms with Gasteiger partial charge in [-0.2, -0.15) is 0 Å². The summed E-state index contributed by atoms with van der Waals surface area (Å²) in [7, 11) is 3.28. The fourth-order valence-corrected chi connectivity index (χ4v) is 3.96. The van der Waals surface area contributed by atoms with Gasteiger partial charge < -0.3 is 30.3 Å². The van der Waals surface area contributed by atoms with E-state index in [1.165, 1.54) is 5.69 Å². The van der Waals surface area contributed by atoms with Gasteiger partial charge in [0.05, 0.1) is 14.2 Å². The number of para-hydroxylation sites is 1. The molecule has 0 radical (unpaired) electrons. The molecule has 1 fully saturated rings. The van der Waals surface area contributed by atoms with Crippen LogP contribution in [0.25, 0.3) is 0 Å². The number of hydrogen-bond acceptors (Lipinski definition) is 8. The summed E-state index contributed by atoms with van der Waals surface area (Å²) in [6.07, 6.45) is 2.38. The minimum atomic E-state index is 0.591. The van der Waals surface area contributed by atoms with E-state index in [-0.39, 0.29) is 0 Å². The van der Waals surface area contributed by atoms with Crippen molar-refractivity contribution >= 4 is 23.0 Å². The fraction of sp³-hybridized carbons (Fsp3) is 0.333. The number of benzene rings is 2. The first-order valence-electron chi connectivity index (χ1n) is 10.8. The van der Waals surface area contributed by atoms with Crippen LogP contribution in [0.1, 0.15) is 5.56 Å². The molecular formula is C24H30N6O2. The summed E-state index contributed by atoms with van der Waals surface area (Å²) in [5.41, 5.74) is 9.42. The number of nitrogens with two attached hydrogens (primary N) is 1. The molecular weight excluding hydrogens is 404 g/mol. The largest absolute Gasteiger partial charge is 0.493 e. The molecule has 2 heterocycles. The molecule has 168 valence electrons. The lowest BCUT2D eigenvalue weighted by molar-refractivity contribution is 0.354. The lowest BCUT2D eigenvalue weighted by Gasteiger charge is -2.37. The Kier molecular flexibility index (Phi) is 6.79. The maximum absolute atomic E-state index is 6.44. The highest BCUT2D eigenvalue weighted by molar-refractivity contribution is 5.75. The van der Waals surface area contributed by atoms with Crippen LogP contribution in [0.4, 0.5) is 23.0 Å². The molecule has 1 aliphatic rings. The summed E-state index contributed by atoms with van der Waals surface area (Å²) < 4.78 is 10.7. The van der Waals surface area contributed by atoms with E-state index in [0.717, 1.165) is 55.5 Å². The molecule has 4 rings (SSSR count). The predicted molar refractivity (Wildman–Crippen MR) is 129 cm³/mol. The second kappa shape index (κ2) is 10.1. The van der Waals surface area contributed by atoms with E-state index >= 15 is 0 Å². The Morgan fingerprint density at radius 2 is 1.62 bits per heavy atom. The molecule has 3 N–H and O–H groups in total. The smallest absolute Gasteiger partial charge is 0.160 e. The van der Waals surface area contributed by atoms with Crippen LogP contribution in [-0.2, 0) is 6.42 Å². The second-order valence-corrected chi connectivity index (χ2v) is 7.64. The van der Waals surface area contributed by atoms with Crippen molar-refractivity contribution < 1.29 is 9.47 Å². The van der Waals surface area contributed by atoms with Crippen LogP contribution in [-0.4, -0.2) is 56.9 Å². The van der Waals surface area contributed by atoms with E-state index in [2.05, 4.69) is 49.4 Å². The molecule has 0 aliphatic carbocycles. The number of hydrogen-bond donors (Lipinski definition) is 2. The average molecular weight is 435 g/mol. The van der Waals surface area contributed by atoms with Gasteiger partial charge in [-0.25, -0.2) is 9.97 Å². The molecule has 2 aromatic carbocycles. The predicted octanol–water partition coefficient (Wildman–Crippen LogP) is 3.06. The van der Waals surface area contributed by atoms with Crippen LogP contribution in [0, 0.1) is 0 Å². The third kappa shape index (κ3) is 4.80. The van der Waals surface area contributed by atoms with Gasteiger partial charge in [0, 0.05) is 38.4 Å². The van der Waals surface area contributed by atoms with E-state index in [1.54, 1.807) is 20.5 Å². The maximum Gasteiger partial charge on any atom is 0.160 e. The maximum atomic E-state index is 6.44. The Hall–Kier alpha value is -3.68. The molecule has 0 amide bonds. The normalized spacial score (nSPS) is 13.7. The zero-order chi connectivity index (χ0) is 22.3. The number of ether oxygens (including phenoxy) is 2. The Morgan fingerprint density at radius 1 is 0.906 bits per heavy atom. The molecule has 0 atom stereocenters. The highest BCUT2D eigenvalue weighted by Gasteiger charge is 2.21. The van der Waals surface area contributed by atoms with Gasteiger partial charge in [-0.15, -0.1) is 0 Å². The lowest BCUT2D eigenvalue weighted by Crippen LogP contribution is -2.47. The zero-order valence-corrected chi connectivity index (χ0v) is 18.6. The Balaban J connectivity index is 1.36. The summed E-state index contributed by atoms with van der Waals surface area (Å²) in [5.74, 6) is 2.91. The van der Waals surface area contributed by atoms with Crippen LogP contribution < -0.4 is 30.3 Å². The first kappa shape index (κ1) is 21.5. The first-order valence-corrected chi connectivity index (χ1v) is 10.8. The fourth-order valence-electron chi connectivity index (χ4n) is 3.96. The minimum absolute atomic E-state index is 0.591. The third-order valence-electron chi connectivity index (χ3n) is 5.72. The minimum Gasteiger partial charge on any atom is -0.493 e. The highest BCUT2D eigenvalue weighted by Crippen LogP contribution is 2.29. The zero-order valence-electron chi connectivity index (χ0n) is 18.6. The van der Waals surface area contributed by atoms with Crippen LogP contribution in [0.15, 0.2) is 54.9 Å². The first-order chi connectivity index (χ1) is 15.7. The number of rotatable bonds is 8. The molecule has 1 aliphatic heterocycles. The molecule has 1 saturated heterocycles. The van der Waals surface area contributed by atoms with Gasteiger partial charge in [0.25, 0.3) is 0 Å². The van der Waals surface area contributed by atoms with E-state index in [4.69, 9.17) is 15.2 Å². The van der Waals surface area contributed by atoms with E-state index in [9.17, 15) is 0 Å². The van der Waals surface area contributed by atoms with Crippen LogP contribution in [0.2, 0.25) is 0 Å². The van der Waals surface area contributed by atoms with Crippen molar-refractivity contribution in [1.29, 1.82) is 0 Å². The topological polar surface area (TPSA) is 88.8 Å². The van der Waals surface area contributed by atoms with Crippen LogP contribution >= 0.6 is 0 Å². The van der Waals surface area contributed by atoms with Crippen molar-refractivity contribution in [2.75, 3.05) is 67.8 Å². The molecule has 8 nitrogen and oxygen atoms in total. The van der Waals surface area contributed by atoms with Gasteiger partial charge in [0.15, 0.2) is 23.1 Å². The SMILES string of the molecule is COc1ccc(CCNc2ncnc(N3CCN(c4ccccc4)CC3)c2N)cc1OC. The number of anilines is 4. The van der Waals surface area contributed by atoms with E-state index < -0.39 is 0 Å². The Labute approximate surface area is 189 Å². The lowest BCUT2D eigenvalue weighted by atomic mass is 10.1. The molecule has 3 aromatic rings. The molecule has 0 saturated carbocycles. The van der Waals surface area contributed by atoms with Gasteiger partial charge in [0.2, 0.25) is 0 Å². The molecule has 32 heavy (non-hydrogen) atoms. The number of aromatic nitrogens is 2. The van der Waals surface area contributed by atoms with Crippen molar-refractivity contribution in [1.82, 2.24) is 9.97 Å². The van der Waals surface area contributed by atoms with Gasteiger partial charge in [-0.3, -0.25) is 0 Å². The summed E-state index contributed by atoms with van der Waals surface area (Å²) >= 11 is 0. The monoisotopic (exact) mass is 434 g/mol. The third-order valence-corrected chi connectivity index (χ3v) is 5.72. The quantitative estimate of drug-likeness (QED) is 0.559. The van der Waals surface area contributed by atoms with Crippen molar-refractivity contribution in [2.24, 2.45) is 0 Å². The summed E-state index contributed by atoms with van der Waals surface area (Å²) in [5, 5.41) is 3.36. The molecule has 0 bridgehead atoms. The number of methoxy groups -OCH3 is 2. The Bertz CT molecular complexity index is 1020. The molecule has 8 heteroatoms. The van der Waals surface area contributed by atoms with E-state index in [1.807, 2.05) is 24.3 Å². The molecule has 0 unspecified atom stereocenters. The van der Waals surface area contributed by atoms with E-state index in [0.29, 0.717) is 18.1 Å². The summed E-state index contributed by atoms with van der Waals surface area (Å²) in [6, 6.07) is 16.4. The number of nitrogens with zero attached hydrogens (tertiary/aromatic N) is 4. The van der Waals surface area contributed by atoms with Crippen molar-refractivity contribution in [3.8, 4) is 11.5 Å². The van der Waals surface area contributed by atoms with Gasteiger partial charge in [-0.05, 0) is 36.2 Å². The van der Waals surface area contributed by atoms with Crippen molar-refractivity contribution in [3.05, 3.63) is 60.4 Å². The van der Waals surface area contributed by atoms with Crippen molar-refractivity contribution in [2.45, 2.75) is 6.42 Å². The van der Waals surface area contributed by atoms with Gasteiger partial charge in [0.1, 0.15) is 12.0 Å². The van der Waals surface area contributed by atoms with Crippen LogP contribution in [0.5, 0.6) is 11.5 Å². The number of nitrogen functional groups attached to an aromatic ring is 1. The van der Waals surface area contributed by atoms with Crippen LogP contribution in [0.3, 0.4) is 0 Å². The molecule has 1 aromatic heterocycles. The number of piperazine rings is 1. The molecule has 0 spiro atoms. The standard InChI is InChI=1S/C24H30N6O2/c1-31-20-9-8-18(16-21(20)32-2)10-11-26-23-22(25)24(28-17-27-23)30-14-12-29(13-15-30)19-6-4-3-5-7-19/h3-9,16-17H,10-15,25H2,1-2H3,(H,26,27,28). The van der Waals surface area contributed by atoms with Gasteiger partial charge >= 0.3 is 0 Å². The summed E-state index contributed by atoms with van der Waals surface area (Å²) in [4.78, 5) is 13.4. The van der Waals surface area contributed by atoms with Gasteiger partial charge in [-0.1, -0.05) is 24.3 Å². The van der Waals surface area contributed by atoms with Crippen molar-refractivity contribution in [3.63, 3.8) is 0 Å².